The molecule has 0 unspecified atom stereocenters. The molecule has 0 radical (unpaired) electrons. The van der Waals surface area contributed by atoms with E-state index in [1.165, 1.54) is 29.4 Å². The number of nitrogens with zero attached hydrogens (tertiary/aromatic N) is 3. The van der Waals surface area contributed by atoms with Crippen molar-refractivity contribution < 1.29 is 23.7 Å². The lowest BCUT2D eigenvalue weighted by molar-refractivity contribution is -0.115. The van der Waals surface area contributed by atoms with Gasteiger partial charge in [0.2, 0.25) is 5.91 Å². The van der Waals surface area contributed by atoms with Crippen molar-refractivity contribution in [2.24, 2.45) is 0 Å². The molecule has 0 saturated carbocycles. The fraction of sp³-hybridized carbons (Fsp3) is 0.333. The SMILES string of the molecule is COCCOc1cc2ncnc(Sc3ncc(CC(=O)Nc4cc(C)cc(C)c4)s3)c2cc1OCCOC. The molecule has 0 aliphatic heterocycles. The first-order valence-electron chi connectivity index (χ1n) is 12.0. The standard InChI is InChI=1S/C27H30N4O5S2/c1-17-9-18(2)11-19(10-17)31-25(32)12-20-15-28-27(37-20)38-26-21-13-23(35-7-5-33-3)24(36-8-6-34-4)14-22(21)29-16-30-26/h9-11,13-16H,5-8,12H2,1-4H3,(H,31,32). The fourth-order valence-electron chi connectivity index (χ4n) is 3.73. The molecule has 0 fully saturated rings. The summed E-state index contributed by atoms with van der Waals surface area (Å²) in [4.78, 5) is 26.9. The van der Waals surface area contributed by atoms with E-state index in [1.54, 1.807) is 20.4 Å². The molecule has 1 N–H and O–H groups in total. The van der Waals surface area contributed by atoms with Gasteiger partial charge in [0.15, 0.2) is 15.8 Å². The van der Waals surface area contributed by atoms with Gasteiger partial charge in [0.25, 0.3) is 0 Å². The number of thiazole rings is 1. The van der Waals surface area contributed by atoms with Gasteiger partial charge < -0.3 is 24.3 Å². The molecule has 200 valence electrons. The average Bonchev–Trinajstić information content (AvgIpc) is 3.30. The number of hydrogen-bond acceptors (Lipinski definition) is 10. The molecule has 38 heavy (non-hydrogen) atoms. The average molecular weight is 555 g/mol. The topological polar surface area (TPSA) is 105 Å². The van der Waals surface area contributed by atoms with Gasteiger partial charge in [0.1, 0.15) is 24.6 Å². The lowest BCUT2D eigenvalue weighted by Gasteiger charge is -2.14. The quantitative estimate of drug-likeness (QED) is 0.179. The van der Waals surface area contributed by atoms with Crippen molar-refractivity contribution >= 4 is 45.6 Å². The van der Waals surface area contributed by atoms with E-state index in [1.807, 2.05) is 38.1 Å². The summed E-state index contributed by atoms with van der Waals surface area (Å²) in [6, 6.07) is 9.70. The number of carbonyl (C=O) groups excluding carboxylic acids is 1. The highest BCUT2D eigenvalue weighted by Crippen LogP contribution is 2.38. The molecule has 0 aliphatic rings. The number of rotatable bonds is 13. The molecule has 4 rings (SSSR count). The van der Waals surface area contributed by atoms with Crippen LogP contribution in [0, 0.1) is 13.8 Å². The maximum atomic E-state index is 12.6. The highest BCUT2D eigenvalue weighted by molar-refractivity contribution is 8.01. The monoisotopic (exact) mass is 554 g/mol. The van der Waals surface area contributed by atoms with Crippen molar-refractivity contribution in [3.05, 3.63) is 58.9 Å². The first-order chi connectivity index (χ1) is 18.4. The van der Waals surface area contributed by atoms with Crippen LogP contribution >= 0.6 is 23.1 Å². The van der Waals surface area contributed by atoms with Crippen LogP contribution in [0.2, 0.25) is 0 Å². The molecule has 2 aromatic carbocycles. The third kappa shape index (κ3) is 7.64. The first kappa shape index (κ1) is 27.8. The van der Waals surface area contributed by atoms with Gasteiger partial charge in [-0.2, -0.15) is 0 Å². The molecule has 0 spiro atoms. The van der Waals surface area contributed by atoms with Gasteiger partial charge in [0, 0.05) is 42.4 Å². The number of hydrogen-bond donors (Lipinski definition) is 1. The van der Waals surface area contributed by atoms with E-state index in [0.29, 0.717) is 37.9 Å². The molecule has 0 aliphatic carbocycles. The zero-order valence-corrected chi connectivity index (χ0v) is 23.4. The Morgan fingerprint density at radius 1 is 0.895 bits per heavy atom. The Balaban J connectivity index is 1.49. The number of aromatic nitrogens is 3. The summed E-state index contributed by atoms with van der Waals surface area (Å²) in [6.07, 6.45) is 3.49. The normalized spacial score (nSPS) is 11.1. The van der Waals surface area contributed by atoms with Gasteiger partial charge >= 0.3 is 0 Å². The van der Waals surface area contributed by atoms with E-state index < -0.39 is 0 Å². The summed E-state index contributed by atoms with van der Waals surface area (Å²) in [6.45, 7) is 5.68. The van der Waals surface area contributed by atoms with E-state index in [0.717, 1.165) is 42.0 Å². The highest BCUT2D eigenvalue weighted by Gasteiger charge is 2.16. The van der Waals surface area contributed by atoms with Crippen LogP contribution in [0.1, 0.15) is 16.0 Å². The van der Waals surface area contributed by atoms with E-state index in [9.17, 15) is 4.79 Å². The molecule has 0 atom stereocenters. The number of nitrogens with one attached hydrogen (secondary N) is 1. The lowest BCUT2D eigenvalue weighted by atomic mass is 10.1. The Morgan fingerprint density at radius 2 is 1.58 bits per heavy atom. The predicted molar refractivity (Wildman–Crippen MR) is 149 cm³/mol. The van der Waals surface area contributed by atoms with E-state index in [2.05, 4.69) is 26.3 Å². The van der Waals surface area contributed by atoms with Crippen LogP contribution in [-0.4, -0.2) is 61.5 Å². The number of carbonyl (C=O) groups is 1. The molecule has 1 amide bonds. The maximum absolute atomic E-state index is 12.6. The Morgan fingerprint density at radius 3 is 2.26 bits per heavy atom. The highest BCUT2D eigenvalue weighted by atomic mass is 32.2. The van der Waals surface area contributed by atoms with Crippen LogP contribution in [0.15, 0.2) is 52.2 Å². The molecule has 0 saturated heterocycles. The van der Waals surface area contributed by atoms with Crippen molar-refractivity contribution in [2.75, 3.05) is 46.0 Å². The van der Waals surface area contributed by atoms with Crippen LogP contribution < -0.4 is 14.8 Å². The van der Waals surface area contributed by atoms with Crippen LogP contribution in [0.25, 0.3) is 10.9 Å². The minimum Gasteiger partial charge on any atom is -0.487 e. The van der Waals surface area contributed by atoms with E-state index in [4.69, 9.17) is 18.9 Å². The second kappa shape index (κ2) is 13.5. The summed E-state index contributed by atoms with van der Waals surface area (Å²) >= 11 is 2.88. The van der Waals surface area contributed by atoms with Crippen LogP contribution in [-0.2, 0) is 20.7 Å². The summed E-state index contributed by atoms with van der Waals surface area (Å²) in [7, 11) is 3.25. The number of amides is 1. The minimum absolute atomic E-state index is 0.0819. The molecule has 2 heterocycles. The van der Waals surface area contributed by atoms with Crippen molar-refractivity contribution in [1.82, 2.24) is 15.0 Å². The molecule has 9 nitrogen and oxygen atoms in total. The molecular formula is C27H30N4O5S2. The number of methoxy groups -OCH3 is 2. The predicted octanol–water partition coefficient (Wildman–Crippen LogP) is 5.09. The Bertz CT molecular complexity index is 1380. The van der Waals surface area contributed by atoms with Gasteiger partial charge in [-0.15, -0.1) is 11.3 Å². The van der Waals surface area contributed by atoms with Crippen LogP contribution in [0.4, 0.5) is 5.69 Å². The third-order valence-corrected chi connectivity index (χ3v) is 7.40. The molecule has 2 aromatic heterocycles. The second-order valence-electron chi connectivity index (χ2n) is 8.47. The van der Waals surface area contributed by atoms with Gasteiger partial charge in [0.05, 0.1) is 25.2 Å². The van der Waals surface area contributed by atoms with E-state index in [-0.39, 0.29) is 12.3 Å². The van der Waals surface area contributed by atoms with Gasteiger partial charge in [-0.05, 0) is 54.9 Å². The zero-order chi connectivity index (χ0) is 26.9. The summed E-state index contributed by atoms with van der Waals surface area (Å²) in [5, 5.41) is 4.52. The number of fused-ring (bicyclic) bond motifs is 1. The second-order valence-corrected chi connectivity index (χ2v) is 10.8. The Labute approximate surface area is 229 Å². The van der Waals surface area contributed by atoms with Crippen molar-refractivity contribution in [3.8, 4) is 11.5 Å². The summed E-state index contributed by atoms with van der Waals surface area (Å²) in [5.41, 5.74) is 3.73. The van der Waals surface area contributed by atoms with Crippen molar-refractivity contribution in [2.45, 2.75) is 29.6 Å². The number of anilines is 1. The van der Waals surface area contributed by atoms with Crippen molar-refractivity contribution in [3.63, 3.8) is 0 Å². The molecule has 4 aromatic rings. The van der Waals surface area contributed by atoms with E-state index >= 15 is 0 Å². The number of benzene rings is 2. The zero-order valence-electron chi connectivity index (χ0n) is 21.8. The summed E-state index contributed by atoms with van der Waals surface area (Å²) < 4.78 is 22.8. The fourth-order valence-corrected chi connectivity index (χ4v) is 5.74. The smallest absolute Gasteiger partial charge is 0.229 e. The lowest BCUT2D eigenvalue weighted by Crippen LogP contribution is -2.13. The minimum atomic E-state index is -0.0819. The summed E-state index contributed by atoms with van der Waals surface area (Å²) in [5.74, 6) is 1.07. The van der Waals surface area contributed by atoms with Gasteiger partial charge in [-0.1, -0.05) is 6.07 Å². The Kier molecular flexibility index (Phi) is 9.88. The largest absolute Gasteiger partial charge is 0.487 e. The van der Waals surface area contributed by atoms with Crippen LogP contribution in [0.3, 0.4) is 0 Å². The first-order valence-corrected chi connectivity index (χ1v) is 13.6. The molecule has 11 heteroatoms. The van der Waals surface area contributed by atoms with Crippen LogP contribution in [0.5, 0.6) is 11.5 Å². The number of aryl methyl sites for hydroxylation is 2. The van der Waals surface area contributed by atoms with Gasteiger partial charge in [-0.3, -0.25) is 4.79 Å². The Hall–Kier alpha value is -3.25. The van der Waals surface area contributed by atoms with Gasteiger partial charge in [-0.25, -0.2) is 15.0 Å². The molecule has 0 bridgehead atoms. The third-order valence-electron chi connectivity index (χ3n) is 5.31. The maximum Gasteiger partial charge on any atom is 0.229 e. The van der Waals surface area contributed by atoms with Crippen molar-refractivity contribution in [1.29, 1.82) is 0 Å². The molecular weight excluding hydrogens is 524 g/mol. The number of ether oxygens (including phenoxy) is 4.